The van der Waals surface area contributed by atoms with E-state index in [0.717, 1.165) is 31.4 Å². The highest BCUT2D eigenvalue weighted by atomic mass is 35.5. The van der Waals surface area contributed by atoms with Crippen molar-refractivity contribution >= 4 is 11.6 Å². The average molecular weight is 299 g/mol. The Kier molecular flexibility index (Phi) is 3.38. The zero-order valence-corrected chi connectivity index (χ0v) is 11.5. The molecule has 3 nitrogen and oxygen atoms in total. The van der Waals surface area contributed by atoms with Crippen LogP contribution in [0.25, 0.3) is 11.1 Å². The summed E-state index contributed by atoms with van der Waals surface area (Å²) in [5.41, 5.74) is -0.150. The second-order valence-electron chi connectivity index (χ2n) is 4.90. The lowest BCUT2D eigenvalue weighted by molar-refractivity contribution is 0.477. The molecule has 1 aromatic carbocycles. The molecule has 0 atom stereocenters. The second kappa shape index (κ2) is 5.05. The Labute approximate surface area is 119 Å². The van der Waals surface area contributed by atoms with Crippen molar-refractivity contribution in [3.8, 4) is 11.1 Å². The molecule has 0 bridgehead atoms. The molecular formula is C14H13ClF2N2O. The lowest BCUT2D eigenvalue weighted by atomic mass is 10.1. The minimum atomic E-state index is -0.773. The molecule has 0 fully saturated rings. The first-order valence-electron chi connectivity index (χ1n) is 6.54. The number of fused-ring (bicyclic) bond motifs is 1. The zero-order valence-electron chi connectivity index (χ0n) is 10.7. The molecule has 0 spiro atoms. The Morgan fingerprint density at radius 1 is 1.05 bits per heavy atom. The molecule has 6 heteroatoms. The topological polar surface area (TPSA) is 26.9 Å². The van der Waals surface area contributed by atoms with Crippen LogP contribution in [0.1, 0.15) is 19.3 Å². The maximum atomic E-state index is 13.9. The van der Waals surface area contributed by atoms with Crippen LogP contribution in [0.2, 0.25) is 5.15 Å². The van der Waals surface area contributed by atoms with Crippen molar-refractivity contribution in [3.05, 3.63) is 45.3 Å². The monoisotopic (exact) mass is 298 g/mol. The van der Waals surface area contributed by atoms with E-state index >= 15 is 0 Å². The van der Waals surface area contributed by atoms with Gasteiger partial charge in [0.25, 0.3) is 5.56 Å². The van der Waals surface area contributed by atoms with Crippen molar-refractivity contribution in [1.29, 1.82) is 0 Å². The maximum absolute atomic E-state index is 13.9. The van der Waals surface area contributed by atoms with Crippen molar-refractivity contribution in [3.63, 3.8) is 0 Å². The molecule has 1 aliphatic heterocycles. The van der Waals surface area contributed by atoms with Crippen LogP contribution in [0.15, 0.2) is 23.0 Å². The van der Waals surface area contributed by atoms with Crippen LogP contribution in [0, 0.1) is 11.6 Å². The Balaban J connectivity index is 2.22. The van der Waals surface area contributed by atoms with Crippen molar-refractivity contribution < 1.29 is 8.78 Å². The summed E-state index contributed by atoms with van der Waals surface area (Å²) in [6.07, 6.45) is 2.86. The quantitative estimate of drug-likeness (QED) is 0.792. The normalized spacial score (nSPS) is 14.9. The molecule has 1 aromatic heterocycles. The van der Waals surface area contributed by atoms with Gasteiger partial charge >= 0.3 is 0 Å². The fourth-order valence-corrected chi connectivity index (χ4v) is 2.98. The summed E-state index contributed by atoms with van der Waals surface area (Å²) in [6.45, 7) is 1.21. The molecule has 0 radical (unpaired) electrons. The van der Waals surface area contributed by atoms with Crippen LogP contribution in [0.3, 0.4) is 0 Å². The number of benzene rings is 1. The van der Waals surface area contributed by atoms with Gasteiger partial charge in [0.05, 0.1) is 5.56 Å². The molecule has 20 heavy (non-hydrogen) atoms. The van der Waals surface area contributed by atoms with Crippen LogP contribution in [-0.2, 0) is 13.1 Å². The van der Waals surface area contributed by atoms with Gasteiger partial charge in [0.1, 0.15) is 16.8 Å². The number of halogens is 3. The van der Waals surface area contributed by atoms with E-state index in [0.29, 0.717) is 13.1 Å². The van der Waals surface area contributed by atoms with Crippen molar-refractivity contribution in [2.45, 2.75) is 32.4 Å². The molecule has 0 amide bonds. The van der Waals surface area contributed by atoms with Crippen LogP contribution in [0.5, 0.6) is 0 Å². The number of aromatic nitrogens is 2. The Morgan fingerprint density at radius 3 is 2.45 bits per heavy atom. The van der Waals surface area contributed by atoms with Gasteiger partial charge in [-0.1, -0.05) is 11.6 Å². The van der Waals surface area contributed by atoms with Gasteiger partial charge < -0.3 is 0 Å². The summed E-state index contributed by atoms with van der Waals surface area (Å²) in [6, 6.07) is 3.15. The highest BCUT2D eigenvalue weighted by Gasteiger charge is 2.23. The standard InChI is InChI=1S/C14H13ClF2N2O/c15-13-12(10-5-4-9(16)8-11(10)17)14(20)19-7-3-1-2-6-18(13)19/h4-5,8H,1-3,6-7H2. The number of nitrogens with zero attached hydrogens (tertiary/aromatic N) is 2. The first-order chi connectivity index (χ1) is 9.59. The maximum Gasteiger partial charge on any atom is 0.276 e. The van der Waals surface area contributed by atoms with Crippen LogP contribution in [-0.4, -0.2) is 9.36 Å². The van der Waals surface area contributed by atoms with E-state index in [1.165, 1.54) is 6.07 Å². The van der Waals surface area contributed by atoms with E-state index in [-0.39, 0.29) is 21.8 Å². The zero-order chi connectivity index (χ0) is 14.3. The molecule has 106 valence electrons. The molecule has 1 aliphatic rings. The molecule has 0 saturated heterocycles. The summed E-state index contributed by atoms with van der Waals surface area (Å²) < 4.78 is 30.1. The van der Waals surface area contributed by atoms with Crippen molar-refractivity contribution in [2.24, 2.45) is 0 Å². The molecule has 0 saturated carbocycles. The van der Waals surface area contributed by atoms with Crippen LogP contribution < -0.4 is 5.56 Å². The minimum absolute atomic E-state index is 0.0504. The lowest BCUT2D eigenvalue weighted by Crippen LogP contribution is -2.22. The highest BCUT2D eigenvalue weighted by Crippen LogP contribution is 2.29. The van der Waals surface area contributed by atoms with Gasteiger partial charge in [0, 0.05) is 24.7 Å². The third-order valence-corrected chi connectivity index (χ3v) is 4.00. The summed E-state index contributed by atoms with van der Waals surface area (Å²) in [5, 5.41) is 0.224. The Morgan fingerprint density at radius 2 is 1.75 bits per heavy atom. The van der Waals surface area contributed by atoms with Crippen molar-refractivity contribution in [1.82, 2.24) is 9.36 Å². The third-order valence-electron chi connectivity index (χ3n) is 3.61. The summed E-state index contributed by atoms with van der Waals surface area (Å²) >= 11 is 6.25. The third kappa shape index (κ3) is 2.06. The average Bonchev–Trinajstić information content (AvgIpc) is 2.61. The number of hydrogen-bond donors (Lipinski definition) is 0. The molecule has 2 aromatic rings. The molecule has 0 aliphatic carbocycles. The highest BCUT2D eigenvalue weighted by molar-refractivity contribution is 6.32. The van der Waals surface area contributed by atoms with Gasteiger partial charge in [0.15, 0.2) is 0 Å². The van der Waals surface area contributed by atoms with Gasteiger partial charge in [-0.3, -0.25) is 9.48 Å². The SMILES string of the molecule is O=c1c(-c2ccc(F)cc2F)c(Cl)n2n1CCCCC2. The fourth-order valence-electron chi connectivity index (χ4n) is 2.62. The van der Waals surface area contributed by atoms with E-state index in [1.807, 2.05) is 0 Å². The summed E-state index contributed by atoms with van der Waals surface area (Å²) in [7, 11) is 0. The molecule has 0 unspecified atom stereocenters. The van der Waals surface area contributed by atoms with Crippen LogP contribution in [0.4, 0.5) is 8.78 Å². The van der Waals surface area contributed by atoms with Gasteiger partial charge in [-0.2, -0.15) is 0 Å². The summed E-state index contributed by atoms with van der Waals surface area (Å²) in [5.74, 6) is -1.45. The van der Waals surface area contributed by atoms with E-state index in [1.54, 1.807) is 9.36 Å². The van der Waals surface area contributed by atoms with Gasteiger partial charge in [-0.25, -0.2) is 13.5 Å². The minimum Gasteiger partial charge on any atom is -0.271 e. The Hall–Kier alpha value is -1.62. The predicted molar refractivity (Wildman–Crippen MR) is 72.9 cm³/mol. The molecule has 2 heterocycles. The predicted octanol–water partition coefficient (Wildman–Crippen LogP) is 3.43. The Bertz CT molecular complexity index is 721. The molecule has 3 rings (SSSR count). The molecule has 0 N–H and O–H groups in total. The number of rotatable bonds is 1. The largest absolute Gasteiger partial charge is 0.276 e. The first-order valence-corrected chi connectivity index (χ1v) is 6.92. The van der Waals surface area contributed by atoms with Gasteiger partial charge in [-0.05, 0) is 31.4 Å². The first kappa shape index (κ1) is 13.4. The van der Waals surface area contributed by atoms with E-state index in [2.05, 4.69) is 0 Å². The van der Waals surface area contributed by atoms with Crippen molar-refractivity contribution in [2.75, 3.05) is 0 Å². The fraction of sp³-hybridized carbons (Fsp3) is 0.357. The van der Waals surface area contributed by atoms with Gasteiger partial charge in [0.2, 0.25) is 0 Å². The van der Waals surface area contributed by atoms with Gasteiger partial charge in [-0.15, -0.1) is 0 Å². The second-order valence-corrected chi connectivity index (χ2v) is 5.26. The number of hydrogen-bond acceptors (Lipinski definition) is 1. The van der Waals surface area contributed by atoms with E-state index in [9.17, 15) is 13.6 Å². The van der Waals surface area contributed by atoms with Crippen LogP contribution >= 0.6 is 11.6 Å². The summed E-state index contributed by atoms with van der Waals surface area (Å²) in [4.78, 5) is 12.4. The molecular weight excluding hydrogens is 286 g/mol. The van der Waals surface area contributed by atoms with E-state index < -0.39 is 11.6 Å². The smallest absolute Gasteiger partial charge is 0.271 e. The lowest BCUT2D eigenvalue weighted by Gasteiger charge is -2.07. The van der Waals surface area contributed by atoms with E-state index in [4.69, 9.17) is 11.6 Å².